The first-order valence-electron chi connectivity index (χ1n) is 10.7. The molecule has 2 aliphatic rings. The Kier molecular flexibility index (Phi) is 7.12. The first kappa shape index (κ1) is 21.0. The van der Waals surface area contributed by atoms with Gasteiger partial charge in [-0.1, -0.05) is 48.5 Å². The highest BCUT2D eigenvalue weighted by Gasteiger charge is 2.40. The zero-order valence-electron chi connectivity index (χ0n) is 17.5. The van der Waals surface area contributed by atoms with Crippen molar-refractivity contribution in [3.63, 3.8) is 0 Å². The molecule has 2 aromatic rings. The van der Waals surface area contributed by atoms with Crippen molar-refractivity contribution in [2.75, 3.05) is 59.7 Å². The van der Waals surface area contributed by atoms with Gasteiger partial charge >= 0.3 is 0 Å². The van der Waals surface area contributed by atoms with E-state index < -0.39 is 0 Å². The monoisotopic (exact) mass is 410 g/mol. The molecule has 6 heteroatoms. The van der Waals surface area contributed by atoms with Gasteiger partial charge in [-0.25, -0.2) is 0 Å². The van der Waals surface area contributed by atoms with Crippen LogP contribution in [-0.2, 0) is 9.47 Å². The van der Waals surface area contributed by atoms with Crippen molar-refractivity contribution in [1.29, 1.82) is 0 Å². The fourth-order valence-electron chi connectivity index (χ4n) is 4.47. The van der Waals surface area contributed by atoms with E-state index in [9.17, 15) is 4.79 Å². The molecule has 0 unspecified atom stereocenters. The van der Waals surface area contributed by atoms with E-state index in [-0.39, 0.29) is 17.9 Å². The topological polar surface area (TPSA) is 51.2 Å². The Bertz CT molecular complexity index is 817. The van der Waals surface area contributed by atoms with Crippen LogP contribution in [0.25, 0.3) is 0 Å². The normalized spacial score (nSPS) is 20.4. The fourth-order valence-corrected chi connectivity index (χ4v) is 4.47. The summed E-state index contributed by atoms with van der Waals surface area (Å²) in [4.78, 5) is 18.6. The third-order valence-corrected chi connectivity index (χ3v) is 5.96. The number of ketones is 1. The number of carbonyl (C=O) groups excluding carboxylic acids is 1. The lowest BCUT2D eigenvalue weighted by atomic mass is 9.89. The molecular formula is C24H30N2O4. The van der Waals surface area contributed by atoms with Gasteiger partial charge < -0.3 is 14.2 Å². The Morgan fingerprint density at radius 2 is 1.40 bits per heavy atom. The molecule has 2 saturated heterocycles. The molecule has 0 bridgehead atoms. The molecule has 4 rings (SSSR count). The molecule has 0 amide bonds. The van der Waals surface area contributed by atoms with E-state index in [2.05, 4.69) is 15.9 Å². The van der Waals surface area contributed by atoms with E-state index in [0.717, 1.165) is 43.1 Å². The molecule has 0 N–H and O–H groups in total. The summed E-state index contributed by atoms with van der Waals surface area (Å²) >= 11 is 0. The zero-order valence-corrected chi connectivity index (χ0v) is 17.5. The number of rotatable bonds is 7. The van der Waals surface area contributed by atoms with Crippen LogP contribution < -0.4 is 4.74 Å². The number of Topliss-reactive ketones (excluding diaryl/α,β-unsaturated/α-hetero) is 1. The molecule has 0 saturated carbocycles. The fraction of sp³-hybridized carbons (Fsp3) is 0.458. The quantitative estimate of drug-likeness (QED) is 0.654. The maximum atomic E-state index is 13.9. The van der Waals surface area contributed by atoms with Crippen molar-refractivity contribution in [3.8, 4) is 5.75 Å². The number of hydrogen-bond donors (Lipinski definition) is 0. The van der Waals surface area contributed by atoms with E-state index >= 15 is 0 Å². The third kappa shape index (κ3) is 4.57. The Morgan fingerprint density at radius 3 is 2.03 bits per heavy atom. The predicted molar refractivity (Wildman–Crippen MR) is 115 cm³/mol. The molecule has 0 aliphatic carbocycles. The minimum absolute atomic E-state index is 0.129. The molecular weight excluding hydrogens is 380 g/mol. The number of para-hydroxylation sites is 1. The Labute approximate surface area is 178 Å². The van der Waals surface area contributed by atoms with Gasteiger partial charge in [0.15, 0.2) is 5.78 Å². The average molecular weight is 411 g/mol. The molecule has 30 heavy (non-hydrogen) atoms. The summed E-state index contributed by atoms with van der Waals surface area (Å²) in [5, 5.41) is 0. The number of benzene rings is 2. The van der Waals surface area contributed by atoms with Crippen LogP contribution in [0.15, 0.2) is 54.6 Å². The molecule has 2 fully saturated rings. The SMILES string of the molecule is COc1ccccc1[C@H]([C@@H](C(=O)c1ccccc1)N1CCOCC1)N1CCOCC1. The molecule has 2 aliphatic heterocycles. The van der Waals surface area contributed by atoms with Crippen molar-refractivity contribution in [2.24, 2.45) is 0 Å². The highest BCUT2D eigenvalue weighted by atomic mass is 16.5. The van der Waals surface area contributed by atoms with Gasteiger partial charge in [-0.15, -0.1) is 0 Å². The number of methoxy groups -OCH3 is 1. The highest BCUT2D eigenvalue weighted by Crippen LogP contribution is 2.36. The van der Waals surface area contributed by atoms with Gasteiger partial charge in [0.05, 0.1) is 45.6 Å². The van der Waals surface area contributed by atoms with Crippen LogP contribution in [0, 0.1) is 0 Å². The number of carbonyl (C=O) groups is 1. The second-order valence-electron chi connectivity index (χ2n) is 7.66. The van der Waals surface area contributed by atoms with Crippen LogP contribution >= 0.6 is 0 Å². The summed E-state index contributed by atoms with van der Waals surface area (Å²) in [5.41, 5.74) is 1.78. The molecule has 6 nitrogen and oxygen atoms in total. The smallest absolute Gasteiger partial charge is 0.181 e. The lowest BCUT2D eigenvalue weighted by molar-refractivity contribution is -0.0305. The van der Waals surface area contributed by atoms with Gasteiger partial charge in [0.2, 0.25) is 0 Å². The average Bonchev–Trinajstić information content (AvgIpc) is 2.84. The van der Waals surface area contributed by atoms with E-state index in [0.29, 0.717) is 26.4 Å². The van der Waals surface area contributed by atoms with Gasteiger partial charge in [-0.3, -0.25) is 14.6 Å². The second-order valence-corrected chi connectivity index (χ2v) is 7.66. The lowest BCUT2D eigenvalue weighted by Gasteiger charge is -2.44. The molecule has 2 heterocycles. The van der Waals surface area contributed by atoms with Crippen molar-refractivity contribution in [2.45, 2.75) is 12.1 Å². The summed E-state index contributed by atoms with van der Waals surface area (Å²) in [6.07, 6.45) is 0. The maximum Gasteiger partial charge on any atom is 0.181 e. The predicted octanol–water partition coefficient (Wildman–Crippen LogP) is 2.65. The van der Waals surface area contributed by atoms with Crippen LogP contribution in [0.5, 0.6) is 5.75 Å². The number of ether oxygens (including phenoxy) is 3. The molecule has 0 radical (unpaired) electrons. The summed E-state index contributed by atoms with van der Waals surface area (Å²) in [6, 6.07) is 17.2. The molecule has 160 valence electrons. The van der Waals surface area contributed by atoms with Crippen molar-refractivity contribution in [3.05, 3.63) is 65.7 Å². The van der Waals surface area contributed by atoms with Gasteiger partial charge in [0.1, 0.15) is 5.75 Å². The minimum atomic E-state index is -0.328. The van der Waals surface area contributed by atoms with Gasteiger partial charge in [0.25, 0.3) is 0 Å². The van der Waals surface area contributed by atoms with Gasteiger partial charge in [-0.05, 0) is 6.07 Å². The lowest BCUT2D eigenvalue weighted by Crippen LogP contribution is -2.55. The van der Waals surface area contributed by atoms with Crippen LogP contribution in [0.2, 0.25) is 0 Å². The summed E-state index contributed by atoms with van der Waals surface area (Å²) in [5.74, 6) is 0.952. The zero-order chi connectivity index (χ0) is 20.8. The van der Waals surface area contributed by atoms with E-state index in [1.165, 1.54) is 0 Å². The van der Waals surface area contributed by atoms with E-state index in [4.69, 9.17) is 14.2 Å². The standard InChI is InChI=1S/C24H30N2O4/c1-28-21-10-6-5-9-20(21)22(25-11-15-29-16-12-25)23(26-13-17-30-18-14-26)24(27)19-7-3-2-4-8-19/h2-10,22-23H,11-18H2,1H3/t22-,23+/m1/s1. The summed E-state index contributed by atoms with van der Waals surface area (Å²) in [6.45, 7) is 5.65. The number of hydrogen-bond acceptors (Lipinski definition) is 6. The van der Waals surface area contributed by atoms with E-state index in [1.54, 1.807) is 7.11 Å². The maximum absolute atomic E-state index is 13.9. The minimum Gasteiger partial charge on any atom is -0.496 e. The van der Waals surface area contributed by atoms with Crippen LogP contribution in [0.3, 0.4) is 0 Å². The Balaban J connectivity index is 1.80. The van der Waals surface area contributed by atoms with Gasteiger partial charge in [0, 0.05) is 37.3 Å². The highest BCUT2D eigenvalue weighted by molar-refractivity contribution is 6.00. The third-order valence-electron chi connectivity index (χ3n) is 5.96. The van der Waals surface area contributed by atoms with Crippen molar-refractivity contribution >= 4 is 5.78 Å². The molecule has 2 atom stereocenters. The molecule has 0 spiro atoms. The second kappa shape index (κ2) is 10.2. The van der Waals surface area contributed by atoms with Gasteiger partial charge in [-0.2, -0.15) is 0 Å². The molecule has 2 aromatic carbocycles. The summed E-state index contributed by atoms with van der Waals surface area (Å²) in [7, 11) is 1.69. The van der Waals surface area contributed by atoms with Crippen LogP contribution in [-0.4, -0.2) is 81.3 Å². The first-order chi connectivity index (χ1) is 14.8. The van der Waals surface area contributed by atoms with Crippen LogP contribution in [0.1, 0.15) is 22.0 Å². The van der Waals surface area contributed by atoms with Crippen molar-refractivity contribution in [1.82, 2.24) is 9.80 Å². The number of morpholine rings is 2. The Morgan fingerprint density at radius 1 is 0.833 bits per heavy atom. The summed E-state index contributed by atoms with van der Waals surface area (Å²) < 4.78 is 16.9. The Hall–Kier alpha value is -2.25. The first-order valence-corrected chi connectivity index (χ1v) is 10.7. The molecule has 0 aromatic heterocycles. The largest absolute Gasteiger partial charge is 0.496 e. The van der Waals surface area contributed by atoms with Crippen molar-refractivity contribution < 1.29 is 19.0 Å². The van der Waals surface area contributed by atoms with Crippen LogP contribution in [0.4, 0.5) is 0 Å². The number of nitrogens with zero attached hydrogens (tertiary/aromatic N) is 2. The van der Waals surface area contributed by atoms with E-state index in [1.807, 2.05) is 48.5 Å².